The molecule has 18 nitrogen and oxygen atoms in total. The molecule has 2 aliphatic heterocycles. The predicted molar refractivity (Wildman–Crippen MR) is 230 cm³/mol. The molecule has 334 valence electrons. The number of carbonyl (C=O) groups is 6. The number of fused-ring (bicyclic) bond motifs is 2. The number of aromatic nitrogens is 4. The van der Waals surface area contributed by atoms with E-state index in [4.69, 9.17) is 18.9 Å². The van der Waals surface area contributed by atoms with Gasteiger partial charge in [-0.25, -0.2) is 19.6 Å². The third-order valence-corrected chi connectivity index (χ3v) is 9.93. The first kappa shape index (κ1) is 46.5. The van der Waals surface area contributed by atoms with Gasteiger partial charge in [0.05, 0.1) is 35.0 Å². The normalized spacial score (nSPS) is 16.9. The number of amides is 6. The van der Waals surface area contributed by atoms with E-state index in [1.54, 1.807) is 91.8 Å². The minimum Gasteiger partial charge on any atom is -0.443 e. The zero-order chi connectivity index (χ0) is 46.7. The number of piperidine rings is 2. The first-order chi connectivity index (χ1) is 30.2. The average Bonchev–Trinajstić information content (AvgIpc) is 3.18. The summed E-state index contributed by atoms with van der Waals surface area (Å²) in [5.41, 5.74) is -1.62. The Hall–Kier alpha value is -7.02. The first-order valence-corrected chi connectivity index (χ1v) is 20.5. The van der Waals surface area contributed by atoms with Gasteiger partial charge in [0, 0.05) is 24.0 Å². The quantitative estimate of drug-likeness (QED) is 0.143. The van der Waals surface area contributed by atoms with Gasteiger partial charge in [0.1, 0.15) is 48.1 Å². The molecule has 0 saturated carbocycles. The summed E-state index contributed by atoms with van der Waals surface area (Å²) in [4.78, 5) is 116. The molecule has 6 rings (SSSR count). The Balaban J connectivity index is 1.08. The molecule has 2 unspecified atom stereocenters. The molecule has 2 atom stereocenters. The van der Waals surface area contributed by atoms with E-state index < -0.39 is 70.2 Å². The predicted octanol–water partition coefficient (Wildman–Crippen LogP) is 4.41. The molecule has 4 heterocycles. The smallest absolute Gasteiger partial charge is 0.424 e. The summed E-state index contributed by atoms with van der Waals surface area (Å²) in [6.45, 7) is 13.1. The van der Waals surface area contributed by atoms with Crippen molar-refractivity contribution in [3.05, 3.63) is 79.9 Å². The van der Waals surface area contributed by atoms with Crippen LogP contribution in [0, 0.1) is 37.5 Å². The zero-order valence-electron chi connectivity index (χ0n) is 36.9. The zero-order valence-corrected chi connectivity index (χ0v) is 36.9. The van der Waals surface area contributed by atoms with Gasteiger partial charge in [0.25, 0.3) is 22.9 Å². The molecular weight excluding hydrogens is 829 g/mol. The Morgan fingerprint density at radius 1 is 0.625 bits per heavy atom. The van der Waals surface area contributed by atoms with Gasteiger partial charge in [-0.05, 0) is 92.5 Å². The molecule has 2 aliphatic rings. The number of nitrogens with zero attached hydrogens (tertiary/aromatic N) is 6. The second-order valence-electron chi connectivity index (χ2n) is 17.0. The highest BCUT2D eigenvalue weighted by molar-refractivity contribution is 6.12. The lowest BCUT2D eigenvalue weighted by molar-refractivity contribution is -0.151. The van der Waals surface area contributed by atoms with Gasteiger partial charge in [-0.1, -0.05) is 35.8 Å². The van der Waals surface area contributed by atoms with Gasteiger partial charge < -0.3 is 18.9 Å². The maximum absolute atomic E-state index is 14.0. The van der Waals surface area contributed by atoms with Gasteiger partial charge in [0.15, 0.2) is 0 Å². The summed E-state index contributed by atoms with van der Waals surface area (Å²) in [5, 5.41) is 0.326. The van der Waals surface area contributed by atoms with Crippen molar-refractivity contribution in [3.8, 4) is 23.7 Å². The Morgan fingerprint density at radius 3 is 1.36 bits per heavy atom. The largest absolute Gasteiger partial charge is 0.443 e. The summed E-state index contributed by atoms with van der Waals surface area (Å²) in [7, 11) is 0. The molecule has 0 N–H and O–H groups in total. The van der Waals surface area contributed by atoms with E-state index in [1.165, 1.54) is 9.13 Å². The van der Waals surface area contributed by atoms with E-state index in [-0.39, 0.29) is 74.5 Å². The van der Waals surface area contributed by atoms with Crippen molar-refractivity contribution in [3.63, 3.8) is 0 Å². The van der Waals surface area contributed by atoms with E-state index in [2.05, 4.69) is 33.6 Å². The molecule has 18 heteroatoms. The van der Waals surface area contributed by atoms with Crippen LogP contribution in [0.25, 0.3) is 21.8 Å². The molecule has 0 radical (unpaired) electrons. The van der Waals surface area contributed by atoms with Crippen LogP contribution in [0.4, 0.5) is 9.59 Å². The van der Waals surface area contributed by atoms with Crippen LogP contribution >= 0.6 is 0 Å². The molecule has 64 heavy (non-hydrogen) atoms. The lowest BCUT2D eigenvalue weighted by atomic mass is 10.0. The van der Waals surface area contributed by atoms with Crippen LogP contribution in [0.2, 0.25) is 0 Å². The topological polar surface area (TPSA) is 216 Å². The second kappa shape index (κ2) is 18.8. The Morgan fingerprint density at radius 2 is 1.00 bits per heavy atom. The molecule has 0 spiro atoms. The van der Waals surface area contributed by atoms with E-state index in [0.29, 0.717) is 32.0 Å². The lowest BCUT2D eigenvalue weighted by Gasteiger charge is -2.32. The number of likely N-dealkylation sites (tertiary alicyclic amines) is 2. The molecule has 4 aromatic rings. The standard InChI is InChI=1S/C46H48N6O12/c1-27-47-31-17-9-13-29(37(31)41(57)49(27)33-19-21-35(53)51(39(33)55)43(59)63-45(3,4)5)15-11-23-61-25-26-62-24-12-16-30-14-10-18-32-38(30)42(58)50(28(2)48-32)34-20-22-36(54)52(40(34)56)44(60)64-46(6,7)8/h9-10,13-14,17-18,33-34H,19-26H2,1-8H3. The van der Waals surface area contributed by atoms with Crippen molar-refractivity contribution in [2.75, 3.05) is 26.4 Å². The van der Waals surface area contributed by atoms with Gasteiger partial charge in [-0.2, -0.15) is 9.80 Å². The van der Waals surface area contributed by atoms with Crippen molar-refractivity contribution in [2.45, 2.75) is 104 Å². The summed E-state index contributed by atoms with van der Waals surface area (Å²) in [6.07, 6.45) is -2.54. The minimum atomic E-state index is -1.17. The molecule has 2 aromatic carbocycles. The van der Waals surface area contributed by atoms with Crippen molar-refractivity contribution in [1.29, 1.82) is 0 Å². The van der Waals surface area contributed by atoms with Crippen molar-refractivity contribution in [2.24, 2.45) is 0 Å². The fourth-order valence-electron chi connectivity index (χ4n) is 7.29. The fraction of sp³-hybridized carbons (Fsp3) is 0.435. The maximum Gasteiger partial charge on any atom is 0.424 e. The van der Waals surface area contributed by atoms with Crippen molar-refractivity contribution in [1.82, 2.24) is 28.9 Å². The van der Waals surface area contributed by atoms with Crippen molar-refractivity contribution < 1.29 is 47.7 Å². The number of hydrogen-bond donors (Lipinski definition) is 0. The molecule has 2 aromatic heterocycles. The summed E-state index contributed by atoms with van der Waals surface area (Å²) in [5.74, 6) is 8.91. The van der Waals surface area contributed by atoms with Gasteiger partial charge in [-0.3, -0.25) is 37.9 Å². The average molecular weight is 877 g/mol. The number of ether oxygens (including phenoxy) is 4. The summed E-state index contributed by atoms with van der Waals surface area (Å²) < 4.78 is 24.2. The number of aryl methyl sites for hydroxylation is 2. The van der Waals surface area contributed by atoms with Crippen LogP contribution in [-0.2, 0) is 38.1 Å². The van der Waals surface area contributed by atoms with Crippen LogP contribution in [0.1, 0.15) is 102 Å². The van der Waals surface area contributed by atoms with E-state index in [0.717, 1.165) is 0 Å². The van der Waals surface area contributed by atoms with Crippen LogP contribution in [-0.4, -0.2) is 102 Å². The first-order valence-electron chi connectivity index (χ1n) is 20.5. The number of benzene rings is 2. The Bertz CT molecular complexity index is 2650. The lowest BCUT2D eigenvalue weighted by Crippen LogP contribution is -2.52. The van der Waals surface area contributed by atoms with E-state index >= 15 is 0 Å². The molecule has 0 bridgehead atoms. The second-order valence-corrected chi connectivity index (χ2v) is 17.0. The third kappa shape index (κ3) is 10.1. The number of hydrogen-bond acceptors (Lipinski definition) is 14. The molecule has 2 saturated heterocycles. The summed E-state index contributed by atoms with van der Waals surface area (Å²) >= 11 is 0. The van der Waals surface area contributed by atoms with Crippen LogP contribution in [0.3, 0.4) is 0 Å². The number of rotatable bonds is 7. The monoisotopic (exact) mass is 876 g/mol. The van der Waals surface area contributed by atoms with Gasteiger partial charge in [-0.15, -0.1) is 0 Å². The number of carbonyl (C=O) groups excluding carboxylic acids is 6. The van der Waals surface area contributed by atoms with E-state index in [1.807, 2.05) is 0 Å². The Labute approximate surface area is 367 Å². The molecular formula is C46H48N6O12. The maximum atomic E-state index is 14.0. The highest BCUT2D eigenvalue weighted by Gasteiger charge is 2.44. The summed E-state index contributed by atoms with van der Waals surface area (Å²) in [6, 6.07) is 7.63. The highest BCUT2D eigenvalue weighted by atomic mass is 16.6. The minimum absolute atomic E-state index is 0.00494. The van der Waals surface area contributed by atoms with Crippen LogP contribution < -0.4 is 11.1 Å². The van der Waals surface area contributed by atoms with Gasteiger partial charge >= 0.3 is 12.2 Å². The number of imide groups is 6. The third-order valence-electron chi connectivity index (χ3n) is 9.93. The fourth-order valence-corrected chi connectivity index (χ4v) is 7.29. The van der Waals surface area contributed by atoms with Crippen LogP contribution in [0.5, 0.6) is 0 Å². The molecule has 6 amide bonds. The highest BCUT2D eigenvalue weighted by Crippen LogP contribution is 2.28. The Kier molecular flexibility index (Phi) is 13.6. The van der Waals surface area contributed by atoms with Gasteiger partial charge in [0.2, 0.25) is 11.8 Å². The molecule has 0 aliphatic carbocycles. The molecule has 2 fully saturated rings. The van der Waals surface area contributed by atoms with Crippen LogP contribution in [0.15, 0.2) is 46.0 Å². The SMILES string of the molecule is Cc1nc2cccc(C#CCOCCOCC#Cc3cccc4nc(C)n(C5CCC(=O)N(C(=O)OC(C)(C)C)C5=O)c(=O)c34)c2c(=O)n1C1CCC(=O)N(C(=O)OC(C)(C)C)C1=O. The van der Waals surface area contributed by atoms with Crippen molar-refractivity contribution >= 4 is 57.6 Å². The van der Waals surface area contributed by atoms with E-state index in [9.17, 15) is 38.4 Å².